The molecule has 1 aliphatic rings. The molecule has 1 saturated heterocycles. The number of hydrogen-bond acceptors (Lipinski definition) is 3. The normalized spacial score (nSPS) is 20.8. The summed E-state index contributed by atoms with van der Waals surface area (Å²) in [6.45, 7) is 3.36. The number of rotatable bonds is 6. The summed E-state index contributed by atoms with van der Waals surface area (Å²) < 4.78 is 27.1. The third kappa shape index (κ3) is 4.55. The lowest BCUT2D eigenvalue weighted by Gasteiger charge is -2.33. The molecule has 0 aromatic heterocycles. The molecule has 1 N–H and O–H groups in total. The predicted molar refractivity (Wildman–Crippen MR) is 94.8 cm³/mol. The van der Waals surface area contributed by atoms with Crippen molar-refractivity contribution in [2.75, 3.05) is 33.7 Å². The van der Waals surface area contributed by atoms with Crippen molar-refractivity contribution in [3.05, 3.63) is 35.9 Å². The van der Waals surface area contributed by atoms with Crippen molar-refractivity contribution in [3.63, 3.8) is 0 Å². The van der Waals surface area contributed by atoms with E-state index in [0.29, 0.717) is 19.5 Å². The minimum absolute atomic E-state index is 0.0589. The Bertz CT molecular complexity index is 646. The van der Waals surface area contributed by atoms with E-state index >= 15 is 0 Å². The lowest BCUT2D eigenvalue weighted by atomic mass is 9.97. The molecule has 1 aromatic rings. The Labute approximate surface area is 145 Å². The summed E-state index contributed by atoms with van der Waals surface area (Å²) in [7, 11) is -0.425. The molecule has 1 aromatic carbocycles. The largest absolute Gasteiger partial charge is 0.355 e. The summed E-state index contributed by atoms with van der Waals surface area (Å²) in [4.78, 5) is 12.4. The van der Waals surface area contributed by atoms with E-state index in [1.54, 1.807) is 0 Å². The van der Waals surface area contributed by atoms with Gasteiger partial charge >= 0.3 is 0 Å². The zero-order valence-corrected chi connectivity index (χ0v) is 15.4. The van der Waals surface area contributed by atoms with Gasteiger partial charge in [0.05, 0.1) is 5.92 Å². The molecule has 1 fully saturated rings. The first kappa shape index (κ1) is 18.9. The zero-order chi connectivity index (χ0) is 17.7. The average molecular weight is 353 g/mol. The van der Waals surface area contributed by atoms with Gasteiger partial charge in [-0.15, -0.1) is 0 Å². The highest BCUT2D eigenvalue weighted by Crippen LogP contribution is 2.21. The summed E-state index contributed by atoms with van der Waals surface area (Å²) in [5, 5.41) is 2.98. The zero-order valence-electron chi connectivity index (χ0n) is 14.6. The first-order valence-electron chi connectivity index (χ1n) is 8.32. The molecule has 134 valence electrons. The molecule has 2 atom stereocenters. The maximum Gasteiger partial charge on any atom is 0.281 e. The lowest BCUT2D eigenvalue weighted by Crippen LogP contribution is -2.49. The van der Waals surface area contributed by atoms with Crippen molar-refractivity contribution in [1.29, 1.82) is 0 Å². The van der Waals surface area contributed by atoms with Crippen LogP contribution in [-0.4, -0.2) is 56.7 Å². The van der Waals surface area contributed by atoms with Gasteiger partial charge in [-0.1, -0.05) is 37.3 Å². The fraction of sp³-hybridized carbons (Fsp3) is 0.588. The third-order valence-corrected chi connectivity index (χ3v) is 6.40. The van der Waals surface area contributed by atoms with Gasteiger partial charge in [0.2, 0.25) is 5.91 Å². The fourth-order valence-corrected chi connectivity index (χ4v) is 4.08. The van der Waals surface area contributed by atoms with Crippen LogP contribution in [0.15, 0.2) is 30.3 Å². The second-order valence-corrected chi connectivity index (χ2v) is 8.69. The van der Waals surface area contributed by atoms with E-state index in [1.807, 2.05) is 30.3 Å². The van der Waals surface area contributed by atoms with Crippen LogP contribution in [0.3, 0.4) is 0 Å². The molecule has 1 heterocycles. The van der Waals surface area contributed by atoms with Crippen LogP contribution < -0.4 is 5.32 Å². The number of carbonyl (C=O) groups excluding carboxylic acids is 1. The molecule has 1 aliphatic heterocycles. The topological polar surface area (TPSA) is 69.7 Å². The first-order chi connectivity index (χ1) is 11.3. The number of benzene rings is 1. The molecule has 0 spiro atoms. The van der Waals surface area contributed by atoms with E-state index in [9.17, 15) is 13.2 Å². The number of amides is 1. The van der Waals surface area contributed by atoms with Crippen molar-refractivity contribution in [2.45, 2.75) is 25.7 Å². The van der Waals surface area contributed by atoms with Crippen LogP contribution in [0.25, 0.3) is 0 Å². The Morgan fingerprint density at radius 3 is 2.62 bits per heavy atom. The van der Waals surface area contributed by atoms with Gasteiger partial charge in [-0.2, -0.15) is 17.0 Å². The first-order valence-corrected chi connectivity index (χ1v) is 9.72. The molecule has 0 radical (unpaired) electrons. The number of nitrogens with one attached hydrogen (secondary N) is 1. The van der Waals surface area contributed by atoms with Crippen molar-refractivity contribution in [3.8, 4) is 0 Å². The van der Waals surface area contributed by atoms with E-state index in [2.05, 4.69) is 12.2 Å². The average Bonchev–Trinajstić information content (AvgIpc) is 2.60. The predicted octanol–water partition coefficient (Wildman–Crippen LogP) is 1.42. The van der Waals surface area contributed by atoms with Gasteiger partial charge in [0.15, 0.2) is 0 Å². The molecular weight excluding hydrogens is 326 g/mol. The number of hydrogen-bond donors (Lipinski definition) is 1. The summed E-state index contributed by atoms with van der Waals surface area (Å²) in [5.74, 6) is -0.117. The van der Waals surface area contributed by atoms with Crippen molar-refractivity contribution in [2.24, 2.45) is 5.92 Å². The fourth-order valence-electron chi connectivity index (χ4n) is 2.89. The van der Waals surface area contributed by atoms with E-state index in [4.69, 9.17) is 0 Å². The summed E-state index contributed by atoms with van der Waals surface area (Å²) in [5.41, 5.74) is 1.18. The summed E-state index contributed by atoms with van der Waals surface area (Å²) in [6.07, 6.45) is 1.43. The van der Waals surface area contributed by atoms with Gasteiger partial charge in [-0.25, -0.2) is 0 Å². The Hall–Kier alpha value is -1.44. The second-order valence-electron chi connectivity index (χ2n) is 6.54. The van der Waals surface area contributed by atoms with Crippen LogP contribution in [0, 0.1) is 5.92 Å². The lowest BCUT2D eigenvalue weighted by molar-refractivity contribution is -0.126. The van der Waals surface area contributed by atoms with Gasteiger partial charge in [0, 0.05) is 33.7 Å². The standard InChI is InChI=1S/C17H27N3O3S/c1-14(15-8-5-4-6-9-15)12-18-17(21)16-10-7-11-20(13-16)24(22,23)19(2)3/h4-6,8-9,14,16H,7,10-13H2,1-3H3,(H,18,21)/t14-,16-/m0/s1. The maximum absolute atomic E-state index is 12.4. The molecule has 0 unspecified atom stereocenters. The highest BCUT2D eigenvalue weighted by atomic mass is 32.2. The maximum atomic E-state index is 12.4. The van der Waals surface area contributed by atoms with Crippen LogP contribution >= 0.6 is 0 Å². The Balaban J connectivity index is 1.90. The summed E-state index contributed by atoms with van der Waals surface area (Å²) >= 11 is 0. The molecule has 0 aliphatic carbocycles. The van der Waals surface area contributed by atoms with E-state index in [0.717, 1.165) is 6.42 Å². The molecule has 7 heteroatoms. The summed E-state index contributed by atoms with van der Waals surface area (Å²) in [6, 6.07) is 10.0. The Morgan fingerprint density at radius 1 is 1.33 bits per heavy atom. The molecule has 0 saturated carbocycles. The van der Waals surface area contributed by atoms with Crippen molar-refractivity contribution in [1.82, 2.24) is 13.9 Å². The quantitative estimate of drug-likeness (QED) is 0.841. The highest BCUT2D eigenvalue weighted by molar-refractivity contribution is 7.86. The minimum Gasteiger partial charge on any atom is -0.355 e. The molecule has 6 nitrogen and oxygen atoms in total. The van der Waals surface area contributed by atoms with E-state index in [1.165, 1.54) is 28.3 Å². The third-order valence-electron chi connectivity index (χ3n) is 4.49. The molecule has 2 rings (SSSR count). The number of carbonyl (C=O) groups is 1. The number of nitrogens with zero attached hydrogens (tertiary/aromatic N) is 2. The van der Waals surface area contributed by atoms with Gasteiger partial charge in [0.25, 0.3) is 10.2 Å². The van der Waals surface area contributed by atoms with Gasteiger partial charge < -0.3 is 5.32 Å². The Morgan fingerprint density at radius 2 is 2.00 bits per heavy atom. The van der Waals surface area contributed by atoms with Crippen molar-refractivity contribution >= 4 is 16.1 Å². The second kappa shape index (κ2) is 8.09. The van der Waals surface area contributed by atoms with E-state index in [-0.39, 0.29) is 24.3 Å². The number of piperidine rings is 1. The molecule has 1 amide bonds. The monoisotopic (exact) mass is 353 g/mol. The van der Waals surface area contributed by atoms with Gasteiger partial charge in [-0.05, 0) is 24.3 Å². The molecule has 0 bridgehead atoms. The highest BCUT2D eigenvalue weighted by Gasteiger charge is 2.33. The minimum atomic E-state index is -3.45. The van der Waals surface area contributed by atoms with Gasteiger partial charge in [0.1, 0.15) is 0 Å². The molecule has 24 heavy (non-hydrogen) atoms. The van der Waals surface area contributed by atoms with Gasteiger partial charge in [-0.3, -0.25) is 4.79 Å². The molecular formula is C17H27N3O3S. The SMILES string of the molecule is C[C@@H](CNC(=O)[C@H]1CCCN(S(=O)(=O)N(C)C)C1)c1ccccc1. The van der Waals surface area contributed by atoms with Crippen LogP contribution in [0.2, 0.25) is 0 Å². The Kier molecular flexibility index (Phi) is 6.37. The van der Waals surface area contributed by atoms with Crippen LogP contribution in [0.5, 0.6) is 0 Å². The van der Waals surface area contributed by atoms with Crippen LogP contribution in [0.4, 0.5) is 0 Å². The van der Waals surface area contributed by atoms with Crippen LogP contribution in [0.1, 0.15) is 31.2 Å². The van der Waals surface area contributed by atoms with E-state index < -0.39 is 10.2 Å². The van der Waals surface area contributed by atoms with Crippen molar-refractivity contribution < 1.29 is 13.2 Å². The smallest absolute Gasteiger partial charge is 0.281 e. The van der Waals surface area contributed by atoms with Crippen LogP contribution in [-0.2, 0) is 15.0 Å².